The van der Waals surface area contributed by atoms with Crippen LogP contribution in [0.4, 0.5) is 0 Å². The molecule has 0 bridgehead atoms. The lowest BCUT2D eigenvalue weighted by atomic mass is 10.1. The number of unbranched alkanes of at least 4 members (excludes halogenated alkanes) is 1. The molecule has 118 valence electrons. The van der Waals surface area contributed by atoms with Gasteiger partial charge in [-0.25, -0.2) is 0 Å². The summed E-state index contributed by atoms with van der Waals surface area (Å²) in [6, 6.07) is 8.51. The average Bonchev–Trinajstić information content (AvgIpc) is 3.05. The molecule has 0 aliphatic rings. The van der Waals surface area contributed by atoms with Crippen molar-refractivity contribution in [2.24, 2.45) is 4.99 Å². The minimum atomic E-state index is 0.778. The molecule has 2 rings (SSSR count). The predicted molar refractivity (Wildman–Crippen MR) is 88.6 cm³/mol. The number of hydrogen-bond acceptors (Lipinski definition) is 3. The molecule has 0 amide bonds. The Kier molecular flexibility index (Phi) is 6.41. The maximum atomic E-state index is 4.24. The molecule has 0 fully saturated rings. The van der Waals surface area contributed by atoms with Gasteiger partial charge in [-0.1, -0.05) is 29.8 Å². The van der Waals surface area contributed by atoms with Gasteiger partial charge in [-0.15, -0.1) is 10.2 Å². The van der Waals surface area contributed by atoms with Crippen molar-refractivity contribution in [1.82, 2.24) is 25.4 Å². The average molecular weight is 300 g/mol. The molecule has 0 aliphatic heterocycles. The second-order valence-electron chi connectivity index (χ2n) is 5.24. The molecule has 2 N–H and O–H groups in total. The lowest BCUT2D eigenvalue weighted by Crippen LogP contribution is -2.37. The molecule has 6 heteroatoms. The Morgan fingerprint density at radius 3 is 2.50 bits per heavy atom. The summed E-state index contributed by atoms with van der Waals surface area (Å²) < 4.78 is 1.99. The molecule has 1 aromatic heterocycles. The number of guanidine groups is 1. The van der Waals surface area contributed by atoms with E-state index in [1.54, 1.807) is 19.7 Å². The van der Waals surface area contributed by atoms with Crippen LogP contribution in [0.1, 0.15) is 24.0 Å². The van der Waals surface area contributed by atoms with Crippen LogP contribution in [0.25, 0.3) is 0 Å². The maximum Gasteiger partial charge on any atom is 0.191 e. The van der Waals surface area contributed by atoms with E-state index in [0.29, 0.717) is 0 Å². The van der Waals surface area contributed by atoms with E-state index in [9.17, 15) is 0 Å². The van der Waals surface area contributed by atoms with Gasteiger partial charge in [0.2, 0.25) is 0 Å². The van der Waals surface area contributed by atoms with E-state index in [1.165, 1.54) is 11.1 Å². The Labute approximate surface area is 131 Å². The Balaban J connectivity index is 1.61. The van der Waals surface area contributed by atoms with Gasteiger partial charge >= 0.3 is 0 Å². The topological polar surface area (TPSA) is 67.1 Å². The molecule has 0 saturated heterocycles. The normalized spacial score (nSPS) is 11.5. The van der Waals surface area contributed by atoms with E-state index in [-0.39, 0.29) is 0 Å². The van der Waals surface area contributed by atoms with Crippen molar-refractivity contribution in [2.75, 3.05) is 13.6 Å². The quantitative estimate of drug-likeness (QED) is 0.464. The van der Waals surface area contributed by atoms with Crippen LogP contribution in [0.15, 0.2) is 41.9 Å². The lowest BCUT2D eigenvalue weighted by Gasteiger charge is -2.12. The Morgan fingerprint density at radius 2 is 1.82 bits per heavy atom. The van der Waals surface area contributed by atoms with E-state index < -0.39 is 0 Å². The highest BCUT2D eigenvalue weighted by atomic mass is 15.2. The number of hydrogen-bond donors (Lipinski definition) is 2. The van der Waals surface area contributed by atoms with Gasteiger partial charge in [-0.05, 0) is 25.3 Å². The van der Waals surface area contributed by atoms with Crippen molar-refractivity contribution in [1.29, 1.82) is 0 Å². The predicted octanol–water partition coefficient (Wildman–Crippen LogP) is 1.73. The maximum absolute atomic E-state index is 4.24. The summed E-state index contributed by atoms with van der Waals surface area (Å²) in [6.45, 7) is 4.72. The molecule has 1 aromatic carbocycles. The number of aryl methyl sites for hydroxylation is 2. The number of benzene rings is 1. The fourth-order valence-electron chi connectivity index (χ4n) is 2.08. The fourth-order valence-corrected chi connectivity index (χ4v) is 2.08. The molecule has 6 nitrogen and oxygen atoms in total. The minimum absolute atomic E-state index is 0.778. The van der Waals surface area contributed by atoms with Gasteiger partial charge in [-0.2, -0.15) is 0 Å². The Bertz CT molecular complexity index is 559. The highest BCUT2D eigenvalue weighted by Gasteiger charge is 1.98. The number of rotatable bonds is 7. The van der Waals surface area contributed by atoms with Crippen molar-refractivity contribution in [3.8, 4) is 0 Å². The molecule has 22 heavy (non-hydrogen) atoms. The summed E-state index contributed by atoms with van der Waals surface area (Å²) in [4.78, 5) is 4.24. The first-order chi connectivity index (χ1) is 10.8. The monoisotopic (exact) mass is 300 g/mol. The summed E-state index contributed by atoms with van der Waals surface area (Å²) in [5.41, 5.74) is 2.53. The minimum Gasteiger partial charge on any atom is -0.356 e. The summed E-state index contributed by atoms with van der Waals surface area (Å²) in [6.07, 6.45) is 5.65. The number of aliphatic imine (C=N–C) groups is 1. The second kappa shape index (κ2) is 8.81. The van der Waals surface area contributed by atoms with E-state index >= 15 is 0 Å². The van der Waals surface area contributed by atoms with Crippen molar-refractivity contribution < 1.29 is 0 Å². The van der Waals surface area contributed by atoms with Crippen molar-refractivity contribution in [2.45, 2.75) is 32.9 Å². The van der Waals surface area contributed by atoms with E-state index in [0.717, 1.165) is 38.4 Å². The molecule has 0 atom stereocenters. The molecule has 0 saturated carbocycles. The number of nitrogens with zero attached hydrogens (tertiary/aromatic N) is 4. The van der Waals surface area contributed by atoms with E-state index in [1.807, 2.05) is 4.57 Å². The standard InChI is InChI=1S/C16H24N6/c1-14-5-7-15(8-6-14)11-19-16(17-2)18-9-3-4-10-22-12-20-21-13-22/h5-8,12-13H,3-4,9-11H2,1-2H3,(H2,17,18,19). The molecule has 0 spiro atoms. The Hall–Kier alpha value is -2.37. The third-order valence-corrected chi connectivity index (χ3v) is 3.41. The summed E-state index contributed by atoms with van der Waals surface area (Å²) in [5.74, 6) is 0.838. The second-order valence-corrected chi connectivity index (χ2v) is 5.24. The zero-order valence-corrected chi connectivity index (χ0v) is 13.3. The van der Waals surface area contributed by atoms with Crippen LogP contribution in [-0.2, 0) is 13.1 Å². The molecule has 0 aliphatic carbocycles. The lowest BCUT2D eigenvalue weighted by molar-refractivity contribution is 0.597. The van der Waals surface area contributed by atoms with Crippen LogP contribution in [0.3, 0.4) is 0 Å². The fraction of sp³-hybridized carbons (Fsp3) is 0.438. The van der Waals surface area contributed by atoms with Crippen molar-refractivity contribution in [3.63, 3.8) is 0 Å². The molecule has 0 unspecified atom stereocenters. The number of nitrogens with one attached hydrogen (secondary N) is 2. The summed E-state index contributed by atoms with van der Waals surface area (Å²) >= 11 is 0. The van der Waals surface area contributed by atoms with Gasteiger partial charge < -0.3 is 15.2 Å². The number of aromatic nitrogens is 3. The Morgan fingerprint density at radius 1 is 1.09 bits per heavy atom. The first-order valence-electron chi connectivity index (χ1n) is 7.60. The largest absolute Gasteiger partial charge is 0.356 e. The van der Waals surface area contributed by atoms with Gasteiger partial charge in [0, 0.05) is 26.7 Å². The molecule has 1 heterocycles. The van der Waals surface area contributed by atoms with Crippen LogP contribution in [0.5, 0.6) is 0 Å². The molecule has 0 radical (unpaired) electrons. The highest BCUT2D eigenvalue weighted by Crippen LogP contribution is 2.02. The zero-order valence-electron chi connectivity index (χ0n) is 13.3. The van der Waals surface area contributed by atoms with Gasteiger partial charge in [0.05, 0.1) is 0 Å². The van der Waals surface area contributed by atoms with Crippen LogP contribution in [0.2, 0.25) is 0 Å². The third-order valence-electron chi connectivity index (χ3n) is 3.41. The highest BCUT2D eigenvalue weighted by molar-refractivity contribution is 5.79. The van der Waals surface area contributed by atoms with Crippen LogP contribution in [-0.4, -0.2) is 34.3 Å². The van der Waals surface area contributed by atoms with Crippen LogP contribution < -0.4 is 10.6 Å². The van der Waals surface area contributed by atoms with Crippen LogP contribution >= 0.6 is 0 Å². The van der Waals surface area contributed by atoms with Gasteiger partial charge in [-0.3, -0.25) is 4.99 Å². The summed E-state index contributed by atoms with van der Waals surface area (Å²) in [5, 5.41) is 14.2. The van der Waals surface area contributed by atoms with Crippen LogP contribution in [0, 0.1) is 6.92 Å². The third kappa shape index (κ3) is 5.55. The first kappa shape index (κ1) is 16.0. The molecular weight excluding hydrogens is 276 g/mol. The van der Waals surface area contributed by atoms with Gasteiger partial charge in [0.25, 0.3) is 0 Å². The van der Waals surface area contributed by atoms with E-state index in [2.05, 4.69) is 57.0 Å². The van der Waals surface area contributed by atoms with Crippen molar-refractivity contribution >= 4 is 5.96 Å². The first-order valence-corrected chi connectivity index (χ1v) is 7.60. The van der Waals surface area contributed by atoms with Gasteiger partial charge in [0.15, 0.2) is 5.96 Å². The smallest absolute Gasteiger partial charge is 0.191 e. The SMILES string of the molecule is CN=C(NCCCCn1cnnc1)NCc1ccc(C)cc1. The molecular formula is C16H24N6. The zero-order chi connectivity index (χ0) is 15.6. The van der Waals surface area contributed by atoms with Crippen molar-refractivity contribution in [3.05, 3.63) is 48.0 Å². The van der Waals surface area contributed by atoms with Gasteiger partial charge in [0.1, 0.15) is 12.7 Å². The summed E-state index contributed by atoms with van der Waals surface area (Å²) in [7, 11) is 1.79. The van der Waals surface area contributed by atoms with E-state index in [4.69, 9.17) is 0 Å². The molecule has 2 aromatic rings.